The van der Waals surface area contributed by atoms with Gasteiger partial charge in [0.1, 0.15) is 11.6 Å². The van der Waals surface area contributed by atoms with E-state index in [2.05, 4.69) is 20.9 Å². The zero-order valence-corrected chi connectivity index (χ0v) is 14.4. The fourth-order valence-electron chi connectivity index (χ4n) is 3.34. The smallest absolute Gasteiger partial charge is 0.254 e. The molecule has 25 heavy (non-hydrogen) atoms. The van der Waals surface area contributed by atoms with Crippen molar-refractivity contribution in [2.45, 2.75) is 26.4 Å². The molecule has 1 aromatic carbocycles. The molecule has 0 radical (unpaired) electrons. The Balaban J connectivity index is 1.56. The predicted molar refractivity (Wildman–Crippen MR) is 95.7 cm³/mol. The molecule has 0 saturated heterocycles. The van der Waals surface area contributed by atoms with Gasteiger partial charge in [0.15, 0.2) is 0 Å². The lowest BCUT2D eigenvalue weighted by atomic mass is 10.1. The molecule has 0 spiro atoms. The average Bonchev–Trinajstić information content (AvgIpc) is 2.60. The lowest BCUT2D eigenvalue weighted by molar-refractivity contribution is 0.237. The van der Waals surface area contributed by atoms with Crippen LogP contribution in [0, 0.1) is 6.92 Å². The molecule has 0 fully saturated rings. The fourth-order valence-corrected chi connectivity index (χ4v) is 3.34. The molecule has 1 N–H and O–H groups in total. The summed E-state index contributed by atoms with van der Waals surface area (Å²) in [5, 5.41) is 1.07. The van der Waals surface area contributed by atoms with Gasteiger partial charge in [-0.3, -0.25) is 14.7 Å². The first-order valence-corrected chi connectivity index (χ1v) is 8.37. The molecule has 3 aromatic rings. The number of hydrogen-bond donors (Lipinski definition) is 1. The summed E-state index contributed by atoms with van der Waals surface area (Å²) in [7, 11) is 1.66. The highest BCUT2D eigenvalue weighted by molar-refractivity contribution is 5.80. The van der Waals surface area contributed by atoms with Crippen LogP contribution in [0.25, 0.3) is 10.9 Å². The van der Waals surface area contributed by atoms with Crippen molar-refractivity contribution in [2.75, 3.05) is 13.7 Å². The maximum Gasteiger partial charge on any atom is 0.254 e. The van der Waals surface area contributed by atoms with E-state index in [1.807, 2.05) is 31.2 Å². The Morgan fingerprint density at radius 1 is 1.24 bits per heavy atom. The molecule has 1 aliphatic heterocycles. The molecular formula is C19H20N4O2. The summed E-state index contributed by atoms with van der Waals surface area (Å²) >= 11 is 0. The number of aryl methyl sites for hydroxylation is 1. The maximum atomic E-state index is 12.0. The van der Waals surface area contributed by atoms with Crippen molar-refractivity contribution in [2.24, 2.45) is 0 Å². The Bertz CT molecular complexity index is 996. The molecule has 0 aliphatic carbocycles. The summed E-state index contributed by atoms with van der Waals surface area (Å²) in [5.41, 5.74) is 3.68. The van der Waals surface area contributed by atoms with Crippen molar-refractivity contribution in [1.29, 1.82) is 0 Å². The third-order valence-electron chi connectivity index (χ3n) is 4.61. The minimum absolute atomic E-state index is 0.0000672. The van der Waals surface area contributed by atoms with Crippen LogP contribution in [-0.2, 0) is 19.5 Å². The lowest BCUT2D eigenvalue weighted by Gasteiger charge is -2.27. The number of aromatic nitrogens is 3. The van der Waals surface area contributed by atoms with Crippen molar-refractivity contribution >= 4 is 10.9 Å². The van der Waals surface area contributed by atoms with Gasteiger partial charge in [0.05, 0.1) is 24.0 Å². The largest absolute Gasteiger partial charge is 0.497 e. The normalized spacial score (nSPS) is 14.5. The van der Waals surface area contributed by atoms with Crippen molar-refractivity contribution in [3.05, 3.63) is 63.5 Å². The number of nitrogens with one attached hydrogen (secondary N) is 1. The summed E-state index contributed by atoms with van der Waals surface area (Å²) in [4.78, 5) is 26.3. The number of nitrogens with zero attached hydrogens (tertiary/aromatic N) is 3. The number of rotatable bonds is 3. The summed E-state index contributed by atoms with van der Waals surface area (Å²) < 4.78 is 5.26. The Morgan fingerprint density at radius 3 is 2.96 bits per heavy atom. The van der Waals surface area contributed by atoms with E-state index in [-0.39, 0.29) is 5.56 Å². The number of ether oxygens (including phenoxy) is 1. The van der Waals surface area contributed by atoms with Crippen molar-refractivity contribution < 1.29 is 4.74 Å². The molecule has 0 bridgehead atoms. The van der Waals surface area contributed by atoms with E-state index in [1.165, 1.54) is 0 Å². The quantitative estimate of drug-likeness (QED) is 0.794. The Hall–Kier alpha value is -2.73. The van der Waals surface area contributed by atoms with Crippen molar-refractivity contribution in [3.8, 4) is 5.75 Å². The summed E-state index contributed by atoms with van der Waals surface area (Å²) in [6.45, 7) is 4.08. The second-order valence-corrected chi connectivity index (χ2v) is 6.40. The average molecular weight is 336 g/mol. The van der Waals surface area contributed by atoms with E-state index in [1.54, 1.807) is 7.11 Å². The molecule has 0 atom stereocenters. The number of pyridine rings is 1. The van der Waals surface area contributed by atoms with Gasteiger partial charge in [0, 0.05) is 30.6 Å². The van der Waals surface area contributed by atoms with E-state index in [4.69, 9.17) is 9.72 Å². The molecular weight excluding hydrogens is 316 g/mol. The molecule has 0 saturated carbocycles. The van der Waals surface area contributed by atoms with Gasteiger partial charge in [-0.25, -0.2) is 4.98 Å². The summed E-state index contributed by atoms with van der Waals surface area (Å²) in [6.07, 6.45) is 0.725. The maximum absolute atomic E-state index is 12.0. The summed E-state index contributed by atoms with van der Waals surface area (Å²) in [6, 6.07) is 10.0. The molecule has 2 aromatic heterocycles. The van der Waals surface area contributed by atoms with E-state index in [0.29, 0.717) is 12.4 Å². The van der Waals surface area contributed by atoms with E-state index in [9.17, 15) is 4.79 Å². The zero-order chi connectivity index (χ0) is 17.4. The molecule has 128 valence electrons. The Labute approximate surface area is 145 Å². The number of methoxy groups -OCH3 is 1. The zero-order valence-electron chi connectivity index (χ0n) is 14.4. The van der Waals surface area contributed by atoms with Crippen LogP contribution in [0.3, 0.4) is 0 Å². The Kier molecular flexibility index (Phi) is 3.97. The highest BCUT2D eigenvalue weighted by Gasteiger charge is 2.20. The molecule has 4 rings (SSSR count). The van der Waals surface area contributed by atoms with Crippen LogP contribution in [-0.4, -0.2) is 33.5 Å². The van der Waals surface area contributed by atoms with Crippen LogP contribution in [0.5, 0.6) is 5.75 Å². The second kappa shape index (κ2) is 6.29. The van der Waals surface area contributed by atoms with Gasteiger partial charge >= 0.3 is 0 Å². The van der Waals surface area contributed by atoms with Crippen LogP contribution in [0.1, 0.15) is 22.8 Å². The van der Waals surface area contributed by atoms with Gasteiger partial charge in [-0.2, -0.15) is 0 Å². The van der Waals surface area contributed by atoms with Gasteiger partial charge in [0.25, 0.3) is 5.56 Å². The molecule has 3 heterocycles. The SMILES string of the molecule is COc1ccc2nc(CN3CCc4c(nc(C)[nH]c4=O)C3)ccc2c1. The number of benzene rings is 1. The van der Waals surface area contributed by atoms with Gasteiger partial charge in [-0.05, 0) is 37.6 Å². The van der Waals surface area contributed by atoms with Gasteiger partial charge in [-0.15, -0.1) is 0 Å². The highest BCUT2D eigenvalue weighted by Crippen LogP contribution is 2.21. The Morgan fingerprint density at radius 2 is 2.12 bits per heavy atom. The van der Waals surface area contributed by atoms with Crippen LogP contribution in [0.15, 0.2) is 35.1 Å². The van der Waals surface area contributed by atoms with Gasteiger partial charge in [-0.1, -0.05) is 6.07 Å². The van der Waals surface area contributed by atoms with Gasteiger partial charge < -0.3 is 9.72 Å². The standard InChI is InChI=1S/C19H20N4O2/c1-12-20-18-11-23(8-7-16(18)19(24)21-12)10-14-4-3-13-9-15(25-2)5-6-17(13)22-14/h3-6,9H,7-8,10-11H2,1-2H3,(H,20,21,24). The molecule has 6 nitrogen and oxygen atoms in total. The number of fused-ring (bicyclic) bond motifs is 2. The number of aromatic amines is 1. The fraction of sp³-hybridized carbons (Fsp3) is 0.316. The van der Waals surface area contributed by atoms with Crippen LogP contribution >= 0.6 is 0 Å². The van der Waals surface area contributed by atoms with Crippen molar-refractivity contribution in [1.82, 2.24) is 19.9 Å². The van der Waals surface area contributed by atoms with Gasteiger partial charge in [0.2, 0.25) is 0 Å². The minimum Gasteiger partial charge on any atom is -0.497 e. The number of H-pyrrole nitrogens is 1. The van der Waals surface area contributed by atoms with E-state index >= 15 is 0 Å². The third kappa shape index (κ3) is 3.13. The van der Waals surface area contributed by atoms with Crippen LogP contribution in [0.2, 0.25) is 0 Å². The minimum atomic E-state index is -0.0000672. The molecule has 0 amide bonds. The monoisotopic (exact) mass is 336 g/mol. The molecule has 6 heteroatoms. The predicted octanol–water partition coefficient (Wildman–Crippen LogP) is 2.19. The highest BCUT2D eigenvalue weighted by atomic mass is 16.5. The lowest BCUT2D eigenvalue weighted by Crippen LogP contribution is -2.35. The first-order valence-electron chi connectivity index (χ1n) is 8.37. The van der Waals surface area contributed by atoms with Crippen LogP contribution in [0.4, 0.5) is 0 Å². The molecule has 0 unspecified atom stereocenters. The topological polar surface area (TPSA) is 71.1 Å². The second-order valence-electron chi connectivity index (χ2n) is 6.40. The van der Waals surface area contributed by atoms with E-state index < -0.39 is 0 Å². The van der Waals surface area contributed by atoms with Crippen molar-refractivity contribution in [3.63, 3.8) is 0 Å². The first-order chi connectivity index (χ1) is 12.1. The third-order valence-corrected chi connectivity index (χ3v) is 4.61. The van der Waals surface area contributed by atoms with E-state index in [0.717, 1.165) is 53.1 Å². The summed E-state index contributed by atoms with van der Waals surface area (Å²) in [5.74, 6) is 1.50. The first kappa shape index (κ1) is 15.8. The number of hydrogen-bond acceptors (Lipinski definition) is 5. The van der Waals surface area contributed by atoms with Crippen LogP contribution < -0.4 is 10.3 Å². The molecule has 1 aliphatic rings.